The lowest BCUT2D eigenvalue weighted by Gasteiger charge is -2.36. The highest BCUT2D eigenvalue weighted by molar-refractivity contribution is 6.31. The molecule has 2 amide bonds. The first kappa shape index (κ1) is 27.8. The van der Waals surface area contributed by atoms with Gasteiger partial charge in [-0.1, -0.05) is 30.9 Å². The number of halogens is 1. The third kappa shape index (κ3) is 6.99. The zero-order valence-corrected chi connectivity index (χ0v) is 23.8. The molecule has 1 N–H and O–H groups in total. The fourth-order valence-electron chi connectivity index (χ4n) is 5.96. The first-order valence-corrected chi connectivity index (χ1v) is 14.1. The Kier molecular flexibility index (Phi) is 8.74. The molecule has 2 atom stereocenters. The number of fused-ring (bicyclic) bond motifs is 1. The van der Waals surface area contributed by atoms with E-state index in [-0.39, 0.29) is 18.0 Å². The Labute approximate surface area is 226 Å². The van der Waals surface area contributed by atoms with E-state index in [1.54, 1.807) is 19.0 Å². The maximum Gasteiger partial charge on any atom is 0.407 e. The number of carbonyl (C=O) groups is 2. The van der Waals surface area contributed by atoms with E-state index in [1.165, 1.54) is 19.3 Å². The molecule has 1 aliphatic heterocycles. The third-order valence-corrected chi connectivity index (χ3v) is 7.97. The monoisotopic (exact) mass is 530 g/mol. The van der Waals surface area contributed by atoms with E-state index < -0.39 is 5.60 Å². The number of amides is 2. The van der Waals surface area contributed by atoms with E-state index in [1.807, 2.05) is 45.2 Å². The Hall–Kier alpha value is -2.25. The van der Waals surface area contributed by atoms with Gasteiger partial charge in [0.1, 0.15) is 5.60 Å². The van der Waals surface area contributed by atoms with Crippen LogP contribution in [0.2, 0.25) is 5.02 Å². The SMILES string of the molecule is CN(C)C(=O)c1cn(CC2CCCN2C[C@@H](NC(=O)OC(C)(C)C)C2CCCCC2)c2ccc(Cl)cc12. The highest BCUT2D eigenvalue weighted by atomic mass is 35.5. The summed E-state index contributed by atoms with van der Waals surface area (Å²) in [6, 6.07) is 6.20. The first-order chi connectivity index (χ1) is 17.5. The van der Waals surface area contributed by atoms with Crippen LogP contribution in [0.3, 0.4) is 0 Å². The lowest BCUT2D eigenvalue weighted by molar-refractivity contribution is 0.0450. The van der Waals surface area contributed by atoms with Crippen molar-refractivity contribution in [2.75, 3.05) is 27.2 Å². The van der Waals surface area contributed by atoms with Gasteiger partial charge in [-0.25, -0.2) is 4.79 Å². The molecule has 0 radical (unpaired) electrons. The van der Waals surface area contributed by atoms with Crippen molar-refractivity contribution in [3.05, 3.63) is 35.0 Å². The molecule has 0 bridgehead atoms. The van der Waals surface area contributed by atoms with Gasteiger partial charge >= 0.3 is 6.09 Å². The summed E-state index contributed by atoms with van der Waals surface area (Å²) in [5.41, 5.74) is 1.19. The number of aromatic nitrogens is 1. The van der Waals surface area contributed by atoms with Gasteiger partial charge in [-0.15, -0.1) is 0 Å². The van der Waals surface area contributed by atoms with Crippen molar-refractivity contribution < 1.29 is 14.3 Å². The van der Waals surface area contributed by atoms with E-state index in [4.69, 9.17) is 16.3 Å². The summed E-state index contributed by atoms with van der Waals surface area (Å²) in [7, 11) is 3.55. The van der Waals surface area contributed by atoms with Crippen LogP contribution in [0.1, 0.15) is 76.1 Å². The lowest BCUT2D eigenvalue weighted by Crippen LogP contribution is -2.51. The van der Waals surface area contributed by atoms with Crippen LogP contribution in [-0.4, -0.2) is 71.2 Å². The molecule has 1 saturated heterocycles. The van der Waals surface area contributed by atoms with Crippen molar-refractivity contribution in [3.8, 4) is 0 Å². The fourth-order valence-corrected chi connectivity index (χ4v) is 6.13. The molecule has 2 aromatic rings. The molecule has 1 aliphatic carbocycles. The van der Waals surface area contributed by atoms with Gasteiger partial charge in [0.25, 0.3) is 5.91 Å². The van der Waals surface area contributed by atoms with E-state index in [0.29, 0.717) is 22.5 Å². The summed E-state index contributed by atoms with van der Waals surface area (Å²) in [5.74, 6) is 0.453. The summed E-state index contributed by atoms with van der Waals surface area (Å²) in [5, 5.41) is 4.77. The summed E-state index contributed by atoms with van der Waals surface area (Å²) in [6.07, 6.45) is 9.91. The Bertz CT molecular complexity index is 1100. The van der Waals surface area contributed by atoms with Crippen molar-refractivity contribution >= 4 is 34.5 Å². The molecule has 2 fully saturated rings. The molecular formula is C29H43ClN4O3. The quantitative estimate of drug-likeness (QED) is 0.481. The molecule has 2 aliphatic rings. The average molecular weight is 531 g/mol. The number of likely N-dealkylation sites (tertiary alicyclic amines) is 1. The largest absolute Gasteiger partial charge is 0.444 e. The van der Waals surface area contributed by atoms with Crippen molar-refractivity contribution in [1.29, 1.82) is 0 Å². The molecule has 4 rings (SSSR count). The van der Waals surface area contributed by atoms with Gasteiger partial charge in [-0.3, -0.25) is 9.69 Å². The van der Waals surface area contributed by atoms with E-state index >= 15 is 0 Å². The molecule has 8 heteroatoms. The van der Waals surface area contributed by atoms with Crippen LogP contribution in [0.4, 0.5) is 4.79 Å². The molecule has 1 aromatic carbocycles. The minimum absolute atomic E-state index is 0.0202. The van der Waals surface area contributed by atoms with Gasteiger partial charge < -0.3 is 19.5 Å². The van der Waals surface area contributed by atoms with Crippen LogP contribution >= 0.6 is 11.6 Å². The molecule has 1 saturated carbocycles. The molecule has 1 aromatic heterocycles. The number of rotatable bonds is 7. The maximum absolute atomic E-state index is 12.9. The number of nitrogens with zero attached hydrogens (tertiary/aromatic N) is 3. The molecular weight excluding hydrogens is 488 g/mol. The zero-order valence-electron chi connectivity index (χ0n) is 23.1. The highest BCUT2D eigenvalue weighted by Crippen LogP contribution is 2.31. The number of ether oxygens (including phenoxy) is 1. The molecule has 37 heavy (non-hydrogen) atoms. The van der Waals surface area contributed by atoms with Crippen LogP contribution in [0, 0.1) is 5.92 Å². The van der Waals surface area contributed by atoms with Crippen LogP contribution in [-0.2, 0) is 11.3 Å². The standard InChI is InChI=1S/C29H43ClN4O3/c1-29(2,3)37-28(36)31-25(20-10-7-6-8-11-20)19-33-15-9-12-22(33)17-34-18-24(27(35)32(4)5)23-16-21(30)13-14-26(23)34/h13-14,16,18,20,22,25H,6-12,15,17,19H2,1-5H3,(H,31,36)/t22?,25-/m1/s1. The van der Waals surface area contributed by atoms with Gasteiger partial charge in [0, 0.05) is 61.4 Å². The second kappa shape index (κ2) is 11.6. The summed E-state index contributed by atoms with van der Waals surface area (Å²) < 4.78 is 7.84. The van der Waals surface area contributed by atoms with Gasteiger partial charge in [-0.2, -0.15) is 0 Å². The average Bonchev–Trinajstić information content (AvgIpc) is 3.41. The minimum Gasteiger partial charge on any atom is -0.444 e. The summed E-state index contributed by atoms with van der Waals surface area (Å²) >= 11 is 6.30. The highest BCUT2D eigenvalue weighted by Gasteiger charge is 2.33. The molecule has 0 spiro atoms. The van der Waals surface area contributed by atoms with Crippen molar-refractivity contribution in [1.82, 2.24) is 19.7 Å². The number of hydrogen-bond acceptors (Lipinski definition) is 4. The predicted octanol–water partition coefficient (Wildman–Crippen LogP) is 5.93. The number of nitrogens with one attached hydrogen (secondary N) is 1. The first-order valence-electron chi connectivity index (χ1n) is 13.8. The lowest BCUT2D eigenvalue weighted by atomic mass is 9.83. The third-order valence-electron chi connectivity index (χ3n) is 7.74. The van der Waals surface area contributed by atoms with Crippen molar-refractivity contribution in [2.24, 2.45) is 5.92 Å². The van der Waals surface area contributed by atoms with E-state index in [2.05, 4.69) is 14.8 Å². The number of hydrogen-bond donors (Lipinski definition) is 1. The predicted molar refractivity (Wildman–Crippen MR) is 149 cm³/mol. The van der Waals surface area contributed by atoms with Crippen molar-refractivity contribution in [3.63, 3.8) is 0 Å². The second-order valence-corrected chi connectivity index (χ2v) is 12.4. The minimum atomic E-state index is -0.516. The Morgan fingerprint density at radius 2 is 1.86 bits per heavy atom. The van der Waals surface area contributed by atoms with Gasteiger partial charge in [0.05, 0.1) is 5.56 Å². The van der Waals surface area contributed by atoms with Crippen LogP contribution in [0.25, 0.3) is 10.9 Å². The molecule has 204 valence electrons. The van der Waals surface area contributed by atoms with Crippen LogP contribution in [0.5, 0.6) is 0 Å². The Morgan fingerprint density at radius 1 is 1.14 bits per heavy atom. The fraction of sp³-hybridized carbons (Fsp3) is 0.655. The van der Waals surface area contributed by atoms with E-state index in [0.717, 1.165) is 56.2 Å². The Morgan fingerprint density at radius 3 is 2.54 bits per heavy atom. The topological polar surface area (TPSA) is 66.8 Å². The maximum atomic E-state index is 12.9. The normalized spacial score (nSPS) is 20.2. The second-order valence-electron chi connectivity index (χ2n) is 12.0. The molecule has 7 nitrogen and oxygen atoms in total. The van der Waals surface area contributed by atoms with Gasteiger partial charge in [-0.05, 0) is 77.1 Å². The van der Waals surface area contributed by atoms with Crippen LogP contribution < -0.4 is 5.32 Å². The number of benzene rings is 1. The number of alkyl carbamates (subject to hydrolysis) is 1. The Balaban J connectivity index is 1.54. The molecule has 1 unspecified atom stereocenters. The van der Waals surface area contributed by atoms with Crippen LogP contribution in [0.15, 0.2) is 24.4 Å². The molecule has 2 heterocycles. The summed E-state index contributed by atoms with van der Waals surface area (Å²) in [4.78, 5) is 29.8. The van der Waals surface area contributed by atoms with Gasteiger partial charge in [0.2, 0.25) is 0 Å². The smallest absolute Gasteiger partial charge is 0.407 e. The van der Waals surface area contributed by atoms with Crippen molar-refractivity contribution in [2.45, 2.75) is 89.9 Å². The summed E-state index contributed by atoms with van der Waals surface area (Å²) in [6.45, 7) is 8.35. The van der Waals surface area contributed by atoms with Gasteiger partial charge in [0.15, 0.2) is 0 Å². The number of carbonyl (C=O) groups excluding carboxylic acids is 2. The zero-order chi connectivity index (χ0) is 26.7. The van der Waals surface area contributed by atoms with E-state index in [9.17, 15) is 9.59 Å².